The van der Waals surface area contributed by atoms with Gasteiger partial charge in [0.15, 0.2) is 0 Å². The molecule has 4 nitrogen and oxygen atoms in total. The monoisotopic (exact) mass is 272 g/mol. The van der Waals surface area contributed by atoms with E-state index in [2.05, 4.69) is 5.32 Å². The molecule has 2 N–H and O–H groups in total. The molecule has 3 rings (SSSR count). The summed E-state index contributed by atoms with van der Waals surface area (Å²) >= 11 is 0. The first-order valence-corrected chi connectivity index (χ1v) is 7.17. The van der Waals surface area contributed by atoms with Crippen molar-refractivity contribution in [1.29, 1.82) is 0 Å². The van der Waals surface area contributed by atoms with Gasteiger partial charge in [-0.3, -0.25) is 4.79 Å². The van der Waals surface area contributed by atoms with E-state index in [4.69, 9.17) is 0 Å². The molecule has 0 radical (unpaired) electrons. The predicted molar refractivity (Wildman–Crippen MR) is 81.0 cm³/mol. The van der Waals surface area contributed by atoms with Gasteiger partial charge < -0.3 is 15.0 Å². The van der Waals surface area contributed by atoms with Gasteiger partial charge in [-0.1, -0.05) is 24.6 Å². The summed E-state index contributed by atoms with van der Waals surface area (Å²) in [5, 5.41) is 14.3. The van der Waals surface area contributed by atoms with Crippen LogP contribution < -0.4 is 10.9 Å². The lowest BCUT2D eigenvalue weighted by Gasteiger charge is -2.17. The van der Waals surface area contributed by atoms with Gasteiger partial charge in [0.1, 0.15) is 0 Å². The summed E-state index contributed by atoms with van der Waals surface area (Å²) in [6.45, 7) is 0.721. The summed E-state index contributed by atoms with van der Waals surface area (Å²) in [5.74, 6) is 0.290. The smallest absolute Gasteiger partial charge is 0.252 e. The third-order valence-electron chi connectivity index (χ3n) is 4.33. The van der Waals surface area contributed by atoms with Crippen LogP contribution in [0.15, 0.2) is 35.1 Å². The summed E-state index contributed by atoms with van der Waals surface area (Å²) < 4.78 is 1.66. The third-order valence-corrected chi connectivity index (χ3v) is 4.33. The SMILES string of the molecule is Cn1c(=O)cc(NCC2CCCC2O)c2ccccc21. The number of nitrogens with zero attached hydrogens (tertiary/aromatic N) is 1. The zero-order valence-corrected chi connectivity index (χ0v) is 11.7. The highest BCUT2D eigenvalue weighted by atomic mass is 16.3. The van der Waals surface area contributed by atoms with Crippen molar-refractivity contribution in [2.24, 2.45) is 13.0 Å². The molecule has 1 aliphatic rings. The second kappa shape index (κ2) is 5.29. The van der Waals surface area contributed by atoms with Crippen LogP contribution in [-0.2, 0) is 7.05 Å². The van der Waals surface area contributed by atoms with Gasteiger partial charge in [-0.15, -0.1) is 0 Å². The first-order chi connectivity index (χ1) is 9.66. The van der Waals surface area contributed by atoms with E-state index in [0.717, 1.165) is 42.4 Å². The Hall–Kier alpha value is -1.81. The van der Waals surface area contributed by atoms with Crippen molar-refractivity contribution >= 4 is 16.6 Å². The van der Waals surface area contributed by atoms with Crippen LogP contribution in [0.2, 0.25) is 0 Å². The fourth-order valence-corrected chi connectivity index (χ4v) is 3.05. The second-order valence-electron chi connectivity index (χ2n) is 5.61. The molecule has 106 valence electrons. The molecule has 0 aliphatic heterocycles. The average Bonchev–Trinajstić information content (AvgIpc) is 2.87. The van der Waals surface area contributed by atoms with Gasteiger partial charge in [-0.2, -0.15) is 0 Å². The van der Waals surface area contributed by atoms with Crippen LogP contribution in [0, 0.1) is 5.92 Å². The van der Waals surface area contributed by atoms with Crippen molar-refractivity contribution in [1.82, 2.24) is 4.57 Å². The summed E-state index contributed by atoms with van der Waals surface area (Å²) in [5.41, 5.74) is 1.77. The Bertz CT molecular complexity index is 678. The number of aryl methyl sites for hydroxylation is 1. The molecule has 0 saturated heterocycles. The number of benzene rings is 1. The van der Waals surface area contributed by atoms with E-state index in [1.54, 1.807) is 17.7 Å². The number of para-hydroxylation sites is 1. The molecule has 0 bridgehead atoms. The Morgan fingerprint density at radius 2 is 2.15 bits per heavy atom. The highest BCUT2D eigenvalue weighted by Gasteiger charge is 2.24. The van der Waals surface area contributed by atoms with Crippen LogP contribution in [0.3, 0.4) is 0 Å². The Balaban J connectivity index is 1.91. The zero-order chi connectivity index (χ0) is 14.1. The summed E-state index contributed by atoms with van der Waals surface area (Å²) in [4.78, 5) is 12.0. The van der Waals surface area contributed by atoms with Gasteiger partial charge in [0.2, 0.25) is 0 Å². The molecule has 4 heteroatoms. The van der Waals surface area contributed by atoms with Crippen molar-refractivity contribution in [2.75, 3.05) is 11.9 Å². The van der Waals surface area contributed by atoms with Gasteiger partial charge in [-0.05, 0) is 18.9 Å². The highest BCUT2D eigenvalue weighted by Crippen LogP contribution is 2.27. The minimum Gasteiger partial charge on any atom is -0.393 e. The molecule has 2 unspecified atom stereocenters. The van der Waals surface area contributed by atoms with E-state index in [1.165, 1.54) is 0 Å². The van der Waals surface area contributed by atoms with E-state index >= 15 is 0 Å². The van der Waals surface area contributed by atoms with E-state index < -0.39 is 0 Å². The first kappa shape index (κ1) is 13.2. The Morgan fingerprint density at radius 1 is 1.35 bits per heavy atom. The molecule has 0 amide bonds. The van der Waals surface area contributed by atoms with Crippen molar-refractivity contribution < 1.29 is 5.11 Å². The molecule has 1 aromatic carbocycles. The lowest BCUT2D eigenvalue weighted by atomic mass is 10.1. The Kier molecular flexibility index (Phi) is 3.49. The lowest BCUT2D eigenvalue weighted by Crippen LogP contribution is -2.23. The number of fused-ring (bicyclic) bond motifs is 1. The third kappa shape index (κ3) is 2.31. The van der Waals surface area contributed by atoms with Crippen LogP contribution in [0.5, 0.6) is 0 Å². The van der Waals surface area contributed by atoms with E-state index in [0.29, 0.717) is 0 Å². The first-order valence-electron chi connectivity index (χ1n) is 7.17. The van der Waals surface area contributed by atoms with E-state index in [9.17, 15) is 9.90 Å². The van der Waals surface area contributed by atoms with Crippen LogP contribution in [0.25, 0.3) is 10.9 Å². The number of aliphatic hydroxyl groups is 1. The topological polar surface area (TPSA) is 54.3 Å². The maximum absolute atomic E-state index is 12.0. The molecule has 1 aliphatic carbocycles. The van der Waals surface area contributed by atoms with E-state index in [1.807, 2.05) is 24.3 Å². The number of aliphatic hydroxyl groups excluding tert-OH is 1. The molecule has 1 aromatic heterocycles. The van der Waals surface area contributed by atoms with Crippen LogP contribution >= 0.6 is 0 Å². The number of aromatic nitrogens is 1. The Morgan fingerprint density at radius 3 is 2.90 bits per heavy atom. The molecule has 1 fully saturated rings. The summed E-state index contributed by atoms with van der Waals surface area (Å²) in [7, 11) is 1.79. The normalized spacial score (nSPS) is 22.3. The second-order valence-corrected chi connectivity index (χ2v) is 5.61. The molecule has 1 heterocycles. The number of anilines is 1. The molecular formula is C16H20N2O2. The quantitative estimate of drug-likeness (QED) is 0.900. The highest BCUT2D eigenvalue weighted by molar-refractivity contribution is 5.91. The van der Waals surface area contributed by atoms with Crippen molar-refractivity contribution in [3.8, 4) is 0 Å². The van der Waals surface area contributed by atoms with Gasteiger partial charge in [0, 0.05) is 36.7 Å². The summed E-state index contributed by atoms with van der Waals surface area (Å²) in [6, 6.07) is 9.52. The number of hydrogen-bond donors (Lipinski definition) is 2. The fraction of sp³-hybridized carbons (Fsp3) is 0.438. The van der Waals surface area contributed by atoms with Crippen LogP contribution in [-0.4, -0.2) is 22.3 Å². The van der Waals surface area contributed by atoms with Crippen molar-refractivity contribution in [3.63, 3.8) is 0 Å². The maximum Gasteiger partial charge on any atom is 0.252 e. The minimum atomic E-state index is -0.208. The maximum atomic E-state index is 12.0. The molecule has 2 atom stereocenters. The van der Waals surface area contributed by atoms with Crippen molar-refractivity contribution in [2.45, 2.75) is 25.4 Å². The molecular weight excluding hydrogens is 252 g/mol. The number of rotatable bonds is 3. The van der Waals surface area contributed by atoms with Crippen molar-refractivity contribution in [3.05, 3.63) is 40.7 Å². The number of nitrogens with one attached hydrogen (secondary N) is 1. The van der Waals surface area contributed by atoms with Gasteiger partial charge in [0.25, 0.3) is 5.56 Å². The largest absolute Gasteiger partial charge is 0.393 e. The molecule has 2 aromatic rings. The van der Waals surface area contributed by atoms with Crippen LogP contribution in [0.4, 0.5) is 5.69 Å². The average molecular weight is 272 g/mol. The molecule has 0 spiro atoms. The standard InChI is InChI=1S/C16H20N2O2/c1-18-14-7-3-2-6-12(14)13(9-16(18)20)17-10-11-5-4-8-15(11)19/h2-3,6-7,9,11,15,17,19H,4-5,8,10H2,1H3. The van der Waals surface area contributed by atoms with Crippen LogP contribution in [0.1, 0.15) is 19.3 Å². The number of pyridine rings is 1. The predicted octanol–water partition coefficient (Wildman–Crippen LogP) is 2.11. The lowest BCUT2D eigenvalue weighted by molar-refractivity contribution is 0.138. The zero-order valence-electron chi connectivity index (χ0n) is 11.7. The van der Waals surface area contributed by atoms with E-state index in [-0.39, 0.29) is 17.6 Å². The summed E-state index contributed by atoms with van der Waals surface area (Å²) in [6.07, 6.45) is 2.83. The molecule has 1 saturated carbocycles. The van der Waals surface area contributed by atoms with Gasteiger partial charge in [0.05, 0.1) is 11.6 Å². The van der Waals surface area contributed by atoms with Gasteiger partial charge >= 0.3 is 0 Å². The minimum absolute atomic E-state index is 0.0156. The fourth-order valence-electron chi connectivity index (χ4n) is 3.05. The van der Waals surface area contributed by atoms with Gasteiger partial charge in [-0.25, -0.2) is 0 Å². The number of hydrogen-bond acceptors (Lipinski definition) is 3. The Labute approximate surface area is 118 Å². The molecule has 20 heavy (non-hydrogen) atoms.